The third-order valence-electron chi connectivity index (χ3n) is 4.12. The van der Waals surface area contributed by atoms with Gasteiger partial charge in [0.2, 0.25) is 0 Å². The number of nitrogens with zero attached hydrogens (tertiary/aromatic N) is 1. The van der Waals surface area contributed by atoms with Crippen molar-refractivity contribution >= 4 is 0 Å². The lowest BCUT2D eigenvalue weighted by molar-refractivity contribution is 0.0540. The Morgan fingerprint density at radius 1 is 1.21 bits per heavy atom. The molecule has 1 aliphatic rings. The van der Waals surface area contributed by atoms with Crippen molar-refractivity contribution < 1.29 is 9.84 Å². The fourth-order valence-electron chi connectivity index (χ4n) is 3.00. The van der Waals surface area contributed by atoms with Crippen LogP contribution in [0.5, 0.6) is 5.75 Å². The van der Waals surface area contributed by atoms with Gasteiger partial charge in [-0.05, 0) is 26.0 Å². The first-order chi connectivity index (χ1) is 9.22. The van der Waals surface area contributed by atoms with E-state index in [4.69, 9.17) is 4.74 Å². The highest BCUT2D eigenvalue weighted by molar-refractivity contribution is 5.33. The van der Waals surface area contributed by atoms with Crippen LogP contribution in [0.2, 0.25) is 0 Å². The van der Waals surface area contributed by atoms with E-state index in [-0.39, 0.29) is 12.1 Å². The number of methoxy groups -OCH3 is 1. The Morgan fingerprint density at radius 2 is 1.95 bits per heavy atom. The molecule has 0 saturated heterocycles. The summed E-state index contributed by atoms with van der Waals surface area (Å²) in [6.45, 7) is 0.825. The zero-order valence-electron chi connectivity index (χ0n) is 12.0. The van der Waals surface area contributed by atoms with Crippen molar-refractivity contribution in [2.75, 3.05) is 14.2 Å². The van der Waals surface area contributed by atoms with Gasteiger partial charge in [-0.1, -0.05) is 37.5 Å². The summed E-state index contributed by atoms with van der Waals surface area (Å²) in [5.74, 6) is 0.928. The van der Waals surface area contributed by atoms with E-state index in [1.165, 1.54) is 18.4 Å². The number of likely N-dealkylation sites (N-methyl/N-ethyl adjacent to an activating group) is 1. The fraction of sp³-hybridized carbons (Fsp3) is 0.625. The molecule has 2 unspecified atom stereocenters. The molecule has 0 radical (unpaired) electrons. The monoisotopic (exact) mass is 263 g/mol. The van der Waals surface area contributed by atoms with Crippen LogP contribution in [-0.2, 0) is 6.54 Å². The summed E-state index contributed by atoms with van der Waals surface area (Å²) < 4.78 is 5.40. The van der Waals surface area contributed by atoms with Crippen LogP contribution >= 0.6 is 0 Å². The largest absolute Gasteiger partial charge is 0.496 e. The minimum absolute atomic E-state index is 0.192. The Kier molecular flexibility index (Phi) is 5.23. The molecular formula is C16H25NO2. The summed E-state index contributed by atoms with van der Waals surface area (Å²) in [6.07, 6.45) is 5.45. The highest BCUT2D eigenvalue weighted by atomic mass is 16.5. The van der Waals surface area contributed by atoms with E-state index in [9.17, 15) is 5.11 Å². The molecule has 2 rings (SSSR count). The molecule has 1 aromatic carbocycles. The van der Waals surface area contributed by atoms with Gasteiger partial charge >= 0.3 is 0 Å². The van der Waals surface area contributed by atoms with Crippen molar-refractivity contribution in [3.8, 4) is 5.75 Å². The SMILES string of the molecule is COc1ccccc1CN(C)C1CCCCCC1O. The molecule has 1 N–H and O–H groups in total. The number of ether oxygens (including phenoxy) is 1. The minimum atomic E-state index is -0.192. The quantitative estimate of drug-likeness (QED) is 0.848. The van der Waals surface area contributed by atoms with Crippen molar-refractivity contribution in [3.63, 3.8) is 0 Å². The number of aliphatic hydroxyl groups is 1. The maximum Gasteiger partial charge on any atom is 0.123 e. The molecule has 3 nitrogen and oxygen atoms in total. The van der Waals surface area contributed by atoms with Crippen LogP contribution in [0.25, 0.3) is 0 Å². The predicted molar refractivity (Wildman–Crippen MR) is 77.3 cm³/mol. The molecule has 0 amide bonds. The molecule has 0 heterocycles. The second kappa shape index (κ2) is 6.92. The van der Waals surface area contributed by atoms with Gasteiger partial charge in [0.1, 0.15) is 5.75 Å². The lowest BCUT2D eigenvalue weighted by Gasteiger charge is -2.31. The van der Waals surface area contributed by atoms with E-state index in [2.05, 4.69) is 18.0 Å². The third kappa shape index (κ3) is 3.71. The number of hydrogen-bond donors (Lipinski definition) is 1. The number of rotatable bonds is 4. The standard InChI is InChI=1S/C16H25NO2/c1-17(14-9-4-3-5-10-15(14)18)12-13-8-6-7-11-16(13)19-2/h6-8,11,14-15,18H,3-5,9-10,12H2,1-2H3. The van der Waals surface area contributed by atoms with Crippen LogP contribution in [0.1, 0.15) is 37.7 Å². The van der Waals surface area contributed by atoms with E-state index in [0.717, 1.165) is 31.6 Å². The number of hydrogen-bond acceptors (Lipinski definition) is 3. The molecule has 1 fully saturated rings. The van der Waals surface area contributed by atoms with Gasteiger partial charge in [0, 0.05) is 18.2 Å². The first-order valence-corrected chi connectivity index (χ1v) is 7.22. The topological polar surface area (TPSA) is 32.7 Å². The van der Waals surface area contributed by atoms with Gasteiger partial charge in [-0.25, -0.2) is 0 Å². The second-order valence-electron chi connectivity index (χ2n) is 5.50. The van der Waals surface area contributed by atoms with E-state index in [1.54, 1.807) is 7.11 Å². The van der Waals surface area contributed by atoms with Gasteiger partial charge in [-0.15, -0.1) is 0 Å². The maximum absolute atomic E-state index is 10.3. The lowest BCUT2D eigenvalue weighted by Crippen LogP contribution is -2.40. The Labute approximate surface area is 116 Å². The molecule has 1 aliphatic carbocycles. The van der Waals surface area contributed by atoms with Crippen LogP contribution in [0.15, 0.2) is 24.3 Å². The van der Waals surface area contributed by atoms with Crippen molar-refractivity contribution in [1.29, 1.82) is 0 Å². The average molecular weight is 263 g/mol. The zero-order valence-corrected chi connectivity index (χ0v) is 12.0. The number of para-hydroxylation sites is 1. The third-order valence-corrected chi connectivity index (χ3v) is 4.12. The van der Waals surface area contributed by atoms with Crippen LogP contribution in [0.3, 0.4) is 0 Å². The van der Waals surface area contributed by atoms with Crippen LogP contribution in [0, 0.1) is 0 Å². The van der Waals surface area contributed by atoms with E-state index in [0.29, 0.717) is 0 Å². The molecule has 0 aliphatic heterocycles. The smallest absolute Gasteiger partial charge is 0.123 e. The van der Waals surface area contributed by atoms with Crippen LogP contribution < -0.4 is 4.74 Å². The Bertz CT molecular complexity index is 394. The average Bonchev–Trinajstić information content (AvgIpc) is 2.64. The Balaban J connectivity index is 2.04. The summed E-state index contributed by atoms with van der Waals surface area (Å²) in [5, 5.41) is 10.3. The molecule has 1 saturated carbocycles. The molecule has 3 heteroatoms. The number of aliphatic hydroxyl groups excluding tert-OH is 1. The normalized spacial score (nSPS) is 24.2. The second-order valence-corrected chi connectivity index (χ2v) is 5.50. The molecule has 0 bridgehead atoms. The lowest BCUT2D eigenvalue weighted by atomic mass is 10.0. The van der Waals surface area contributed by atoms with Gasteiger partial charge in [0.15, 0.2) is 0 Å². The zero-order chi connectivity index (χ0) is 13.7. The highest BCUT2D eigenvalue weighted by Crippen LogP contribution is 2.25. The molecule has 0 spiro atoms. The van der Waals surface area contributed by atoms with E-state index in [1.807, 2.05) is 18.2 Å². The molecular weight excluding hydrogens is 238 g/mol. The summed E-state index contributed by atoms with van der Waals surface area (Å²) >= 11 is 0. The highest BCUT2D eigenvalue weighted by Gasteiger charge is 2.25. The summed E-state index contributed by atoms with van der Waals surface area (Å²) in [5.41, 5.74) is 1.18. The van der Waals surface area contributed by atoms with Crippen molar-refractivity contribution in [1.82, 2.24) is 4.90 Å². The van der Waals surface area contributed by atoms with Crippen molar-refractivity contribution in [2.45, 2.75) is 50.8 Å². The van der Waals surface area contributed by atoms with Gasteiger partial charge < -0.3 is 9.84 Å². The molecule has 19 heavy (non-hydrogen) atoms. The maximum atomic E-state index is 10.3. The molecule has 1 aromatic rings. The molecule has 0 aromatic heterocycles. The van der Waals surface area contributed by atoms with Gasteiger partial charge in [-0.3, -0.25) is 4.90 Å². The Hall–Kier alpha value is -1.06. The summed E-state index contributed by atoms with van der Waals surface area (Å²) in [4.78, 5) is 2.27. The van der Waals surface area contributed by atoms with E-state index < -0.39 is 0 Å². The van der Waals surface area contributed by atoms with Gasteiger partial charge in [0.25, 0.3) is 0 Å². The van der Waals surface area contributed by atoms with Crippen LogP contribution in [0.4, 0.5) is 0 Å². The Morgan fingerprint density at radius 3 is 2.74 bits per heavy atom. The van der Waals surface area contributed by atoms with Crippen LogP contribution in [-0.4, -0.2) is 36.3 Å². The fourth-order valence-corrected chi connectivity index (χ4v) is 3.00. The first kappa shape index (κ1) is 14.4. The van der Waals surface area contributed by atoms with Gasteiger partial charge in [0.05, 0.1) is 13.2 Å². The van der Waals surface area contributed by atoms with Crippen molar-refractivity contribution in [2.24, 2.45) is 0 Å². The minimum Gasteiger partial charge on any atom is -0.496 e. The van der Waals surface area contributed by atoms with Gasteiger partial charge in [-0.2, -0.15) is 0 Å². The van der Waals surface area contributed by atoms with E-state index >= 15 is 0 Å². The summed E-state index contributed by atoms with van der Waals surface area (Å²) in [7, 11) is 3.81. The van der Waals surface area contributed by atoms with Crippen molar-refractivity contribution in [3.05, 3.63) is 29.8 Å². The predicted octanol–water partition coefficient (Wildman–Crippen LogP) is 2.82. The number of benzene rings is 1. The first-order valence-electron chi connectivity index (χ1n) is 7.22. The molecule has 106 valence electrons. The summed E-state index contributed by atoms with van der Waals surface area (Å²) in [6, 6.07) is 8.38. The molecule has 2 atom stereocenters.